The molecule has 0 saturated carbocycles. The number of allylic oxidation sites excluding steroid dienone is 1. The van der Waals surface area contributed by atoms with E-state index in [1.54, 1.807) is 26.2 Å². The summed E-state index contributed by atoms with van der Waals surface area (Å²) >= 11 is 0. The third-order valence-corrected chi connectivity index (χ3v) is 11.7. The number of hydrogen-bond acceptors (Lipinski definition) is 14. The van der Waals surface area contributed by atoms with Gasteiger partial charge in [-0.25, -0.2) is 0 Å². The summed E-state index contributed by atoms with van der Waals surface area (Å²) in [4.78, 5) is 69.0. The molecule has 0 aromatic heterocycles. The number of anilines is 1. The lowest BCUT2D eigenvalue weighted by molar-refractivity contribution is -0.121. The molecule has 15 heteroatoms. The van der Waals surface area contributed by atoms with Crippen LogP contribution in [0.4, 0.5) is 5.69 Å². The summed E-state index contributed by atoms with van der Waals surface area (Å²) in [5.74, 6) is -2.07. The Labute approximate surface area is 358 Å². The molecule has 0 bridgehead atoms. The van der Waals surface area contributed by atoms with E-state index in [0.29, 0.717) is 113 Å². The molecule has 6 rings (SSSR count). The average molecular weight is 857 g/mol. The number of aliphatic hydroxyl groups is 3. The van der Waals surface area contributed by atoms with E-state index < -0.39 is 30.3 Å². The van der Waals surface area contributed by atoms with Gasteiger partial charge in [0.05, 0.1) is 56.8 Å². The van der Waals surface area contributed by atoms with Crippen LogP contribution in [0.5, 0.6) is 11.5 Å². The molecule has 0 saturated heterocycles. The van der Waals surface area contributed by atoms with Crippen LogP contribution in [0.25, 0.3) is 49.2 Å². The molecule has 1 aliphatic rings. The van der Waals surface area contributed by atoms with Crippen LogP contribution in [0.1, 0.15) is 86.1 Å². The fourth-order valence-electron chi connectivity index (χ4n) is 9.03. The molecule has 5 aromatic rings. The van der Waals surface area contributed by atoms with Crippen molar-refractivity contribution < 1.29 is 53.8 Å². The monoisotopic (exact) mass is 856 g/mol. The topological polar surface area (TPSA) is 227 Å². The Balaban J connectivity index is 1.59. The van der Waals surface area contributed by atoms with E-state index in [1.165, 1.54) is 20.1 Å². The minimum atomic E-state index is -0.979. The van der Waals surface area contributed by atoms with Crippen LogP contribution in [0.2, 0.25) is 0 Å². The summed E-state index contributed by atoms with van der Waals surface area (Å²) in [5.41, 5.74) is 1.61. The first-order valence-electron chi connectivity index (χ1n) is 21.1. The van der Waals surface area contributed by atoms with Crippen LogP contribution in [-0.2, 0) is 48.2 Å². The van der Waals surface area contributed by atoms with Gasteiger partial charge in [-0.3, -0.25) is 24.0 Å². The number of phenolic OH excluding ortho intramolecular Hbond substituents is 1. The number of rotatable bonds is 25. The lowest BCUT2D eigenvalue weighted by Gasteiger charge is -2.26. The molecule has 0 spiro atoms. The van der Waals surface area contributed by atoms with Crippen molar-refractivity contribution >= 4 is 72.3 Å². The summed E-state index contributed by atoms with van der Waals surface area (Å²) < 4.78 is 21.8. The molecule has 1 unspecified atom stereocenters. The standard InChI is InChI=1S/C47H56N2O13/c1-25-20-31-30(10-5-8-29(54)9-6-15-62-19-18-59-3)45(57)39-32(48-12-11-34(56)49-13-17-61-16-7-14-50)21-27(23-51)36-37-28(24-52)22-33(55)40-42(37)43(38(31)41(36)39)44(35(25)26(2)53)47(60-4)46(40)58/h20-22,35,48,50-52,58H,5-19,23-24H2,1-4H3,(H,49,56). The van der Waals surface area contributed by atoms with E-state index >= 15 is 4.79 Å². The molecular weight excluding hydrogens is 801 g/mol. The number of aliphatic hydroxyl groups excluding tert-OH is 3. The third kappa shape index (κ3) is 8.96. The smallest absolute Gasteiger partial charge is 0.221 e. The van der Waals surface area contributed by atoms with E-state index in [-0.39, 0.29) is 95.9 Å². The van der Waals surface area contributed by atoms with Gasteiger partial charge < -0.3 is 50.0 Å². The van der Waals surface area contributed by atoms with Crippen LogP contribution in [0, 0.1) is 0 Å². The highest BCUT2D eigenvalue weighted by Crippen LogP contribution is 2.55. The highest BCUT2D eigenvalue weighted by atomic mass is 16.5. The number of Topliss-reactive ketones (excluding diaryl/α,β-unsaturated/α-hetero) is 2. The lowest BCUT2D eigenvalue weighted by Crippen LogP contribution is -2.29. The minimum absolute atomic E-state index is 0.00728. The number of ether oxygens (including phenoxy) is 4. The van der Waals surface area contributed by atoms with Crippen molar-refractivity contribution in [1.29, 1.82) is 0 Å². The third-order valence-electron chi connectivity index (χ3n) is 11.7. The SMILES string of the molecule is COCCOCCCC(=O)CCCc1c2c3c4c(c(OC)c(O)c5c(=O)cc(CO)c(c6c(CO)cc(NCCC(=O)NCCOCCCO)c(c1=O)c63)c54)C(C(C)=O)C(C)=C2. The fraction of sp³-hybridized carbons (Fsp3) is 0.468. The molecule has 62 heavy (non-hydrogen) atoms. The molecule has 0 aliphatic heterocycles. The summed E-state index contributed by atoms with van der Waals surface area (Å²) in [6.45, 7) is 4.35. The Bertz CT molecular complexity index is 2620. The first-order chi connectivity index (χ1) is 29.9. The minimum Gasteiger partial charge on any atom is -0.504 e. The number of amides is 1. The van der Waals surface area contributed by atoms with Crippen LogP contribution >= 0.6 is 0 Å². The molecule has 332 valence electrons. The Morgan fingerprint density at radius 1 is 0.742 bits per heavy atom. The second-order valence-corrected chi connectivity index (χ2v) is 15.7. The Morgan fingerprint density at radius 3 is 2.10 bits per heavy atom. The van der Waals surface area contributed by atoms with Gasteiger partial charge in [-0.1, -0.05) is 11.6 Å². The zero-order chi connectivity index (χ0) is 44.7. The van der Waals surface area contributed by atoms with Crippen molar-refractivity contribution in [3.63, 3.8) is 0 Å². The van der Waals surface area contributed by atoms with Crippen molar-refractivity contribution in [2.75, 3.05) is 72.3 Å². The zero-order valence-electron chi connectivity index (χ0n) is 35.8. The molecular formula is C47H56N2O13. The van der Waals surface area contributed by atoms with Crippen LogP contribution in [-0.4, -0.2) is 105 Å². The normalized spacial score (nSPS) is 13.7. The zero-order valence-corrected chi connectivity index (χ0v) is 35.8. The maximum Gasteiger partial charge on any atom is 0.221 e. The predicted molar refractivity (Wildman–Crippen MR) is 237 cm³/mol. The van der Waals surface area contributed by atoms with Gasteiger partial charge in [-0.05, 0) is 89.9 Å². The molecule has 15 nitrogen and oxygen atoms in total. The van der Waals surface area contributed by atoms with E-state index in [1.807, 2.05) is 0 Å². The summed E-state index contributed by atoms with van der Waals surface area (Å²) in [6.07, 6.45) is 3.82. The molecule has 6 N–H and O–H groups in total. The number of ketones is 2. The highest BCUT2D eigenvalue weighted by molar-refractivity contribution is 6.39. The Hall–Kier alpha value is -5.29. The number of methoxy groups -OCH3 is 2. The molecule has 1 amide bonds. The maximum absolute atomic E-state index is 15.3. The number of fused-ring (bicyclic) bond motifs is 1. The van der Waals surface area contributed by atoms with Gasteiger partial charge in [0.1, 0.15) is 11.6 Å². The van der Waals surface area contributed by atoms with Gasteiger partial charge in [-0.15, -0.1) is 0 Å². The predicted octanol–water partition coefficient (Wildman–Crippen LogP) is 4.34. The van der Waals surface area contributed by atoms with E-state index in [4.69, 9.17) is 24.1 Å². The van der Waals surface area contributed by atoms with Crippen LogP contribution < -0.4 is 26.2 Å². The lowest BCUT2D eigenvalue weighted by atomic mass is 9.78. The fourth-order valence-corrected chi connectivity index (χ4v) is 9.03. The number of nitrogens with one attached hydrogen (secondary N) is 2. The van der Waals surface area contributed by atoms with Crippen LogP contribution in [0.15, 0.2) is 27.3 Å². The highest BCUT2D eigenvalue weighted by Gasteiger charge is 2.36. The largest absolute Gasteiger partial charge is 0.504 e. The number of phenols is 1. The first kappa shape index (κ1) is 46.2. The van der Waals surface area contributed by atoms with Gasteiger partial charge in [0.15, 0.2) is 22.4 Å². The van der Waals surface area contributed by atoms with E-state index in [2.05, 4.69) is 10.6 Å². The number of benzene rings is 5. The van der Waals surface area contributed by atoms with E-state index in [0.717, 1.165) is 0 Å². The van der Waals surface area contributed by atoms with E-state index in [9.17, 15) is 34.5 Å². The number of carbonyl (C=O) groups is 3. The van der Waals surface area contributed by atoms with Crippen molar-refractivity contribution in [2.45, 2.75) is 77.9 Å². The van der Waals surface area contributed by atoms with Crippen molar-refractivity contribution in [1.82, 2.24) is 5.32 Å². The van der Waals surface area contributed by atoms with Crippen molar-refractivity contribution in [3.8, 4) is 11.5 Å². The quantitative estimate of drug-likeness (QED) is 0.0273. The number of carbonyl (C=O) groups excluding carboxylic acids is 3. The van der Waals surface area contributed by atoms with Gasteiger partial charge in [0.2, 0.25) is 5.91 Å². The summed E-state index contributed by atoms with van der Waals surface area (Å²) in [6, 6.07) is 2.85. The Morgan fingerprint density at radius 2 is 1.42 bits per heavy atom. The van der Waals surface area contributed by atoms with Gasteiger partial charge >= 0.3 is 0 Å². The van der Waals surface area contributed by atoms with Crippen molar-refractivity contribution in [2.24, 2.45) is 0 Å². The molecule has 1 atom stereocenters. The molecule has 0 fully saturated rings. The second-order valence-electron chi connectivity index (χ2n) is 15.7. The molecule has 0 heterocycles. The summed E-state index contributed by atoms with van der Waals surface area (Å²) in [7, 11) is 2.93. The van der Waals surface area contributed by atoms with Gasteiger partial charge in [-0.2, -0.15) is 0 Å². The van der Waals surface area contributed by atoms with Gasteiger partial charge in [0.25, 0.3) is 0 Å². The molecule has 0 radical (unpaired) electrons. The Kier molecular flexibility index (Phi) is 15.4. The number of aromatic hydroxyl groups is 1. The number of hydrogen-bond donors (Lipinski definition) is 6. The maximum atomic E-state index is 15.3. The molecule has 1 aliphatic carbocycles. The van der Waals surface area contributed by atoms with Crippen molar-refractivity contribution in [3.05, 3.63) is 66.0 Å². The average Bonchev–Trinajstić information content (AvgIpc) is 3.38. The van der Waals surface area contributed by atoms with Gasteiger partial charge in [0, 0.05) is 86.9 Å². The summed E-state index contributed by atoms with van der Waals surface area (Å²) in [5, 5.41) is 51.2. The first-order valence-corrected chi connectivity index (χ1v) is 21.1. The van der Waals surface area contributed by atoms with Crippen LogP contribution in [0.3, 0.4) is 0 Å². The second kappa shape index (κ2) is 20.7. The molecule has 5 aromatic carbocycles.